The maximum absolute atomic E-state index is 13.1. The van der Waals surface area contributed by atoms with Gasteiger partial charge in [-0.3, -0.25) is 9.69 Å². The first-order valence-corrected chi connectivity index (χ1v) is 10.6. The van der Waals surface area contributed by atoms with E-state index in [2.05, 4.69) is 26.8 Å². The van der Waals surface area contributed by atoms with Crippen LogP contribution >= 0.6 is 11.8 Å². The van der Waals surface area contributed by atoms with Crippen LogP contribution in [0.5, 0.6) is 5.75 Å². The highest BCUT2D eigenvalue weighted by atomic mass is 32.2. The zero-order valence-electron chi connectivity index (χ0n) is 18.1. The number of para-hydroxylation sites is 1. The molecule has 3 rings (SSSR count). The molecular weight excluding hydrogens is 394 g/mol. The fraction of sp³-hybridized carbons (Fsp3) is 0.333. The summed E-state index contributed by atoms with van der Waals surface area (Å²) in [6, 6.07) is 13.6. The van der Waals surface area contributed by atoms with E-state index in [1.165, 1.54) is 16.7 Å². The quantitative estimate of drug-likeness (QED) is 0.570. The monoisotopic (exact) mass is 421 g/mol. The summed E-state index contributed by atoms with van der Waals surface area (Å²) in [7, 11) is 3.91. The van der Waals surface area contributed by atoms with Gasteiger partial charge in [-0.15, -0.1) is 0 Å². The molecule has 1 aliphatic heterocycles. The van der Waals surface area contributed by atoms with Crippen LogP contribution in [0, 0.1) is 11.3 Å². The van der Waals surface area contributed by atoms with E-state index in [9.17, 15) is 15.2 Å². The molecule has 0 saturated carbocycles. The number of nitriles is 1. The van der Waals surface area contributed by atoms with Crippen molar-refractivity contribution in [1.29, 1.82) is 5.26 Å². The van der Waals surface area contributed by atoms with Gasteiger partial charge in [-0.25, -0.2) is 0 Å². The molecule has 1 amide bonds. The molecule has 2 aromatic carbocycles. The Morgan fingerprint density at radius 3 is 2.57 bits per heavy atom. The molecule has 0 atom stereocenters. The van der Waals surface area contributed by atoms with Crippen LogP contribution in [-0.2, 0) is 16.8 Å². The van der Waals surface area contributed by atoms with Crippen LogP contribution in [0.25, 0.3) is 6.08 Å². The molecule has 2 aromatic rings. The molecule has 6 heteroatoms. The van der Waals surface area contributed by atoms with Crippen molar-refractivity contribution in [1.82, 2.24) is 4.90 Å². The highest BCUT2D eigenvalue weighted by molar-refractivity contribution is 8.04. The fourth-order valence-electron chi connectivity index (χ4n) is 3.48. The maximum atomic E-state index is 13.1. The Morgan fingerprint density at radius 1 is 1.23 bits per heavy atom. The number of nitrogens with zero attached hydrogens (tertiary/aromatic N) is 3. The molecule has 1 aliphatic rings. The lowest BCUT2D eigenvalue weighted by molar-refractivity contribution is -0.114. The van der Waals surface area contributed by atoms with Gasteiger partial charge in [0, 0.05) is 22.6 Å². The molecular formula is C24H27N3O2S. The van der Waals surface area contributed by atoms with Crippen molar-refractivity contribution in [2.75, 3.05) is 25.5 Å². The van der Waals surface area contributed by atoms with E-state index in [0.717, 1.165) is 27.3 Å². The summed E-state index contributed by atoms with van der Waals surface area (Å²) in [6.07, 6.45) is 1.86. The van der Waals surface area contributed by atoms with Crippen LogP contribution in [0.4, 0.5) is 5.69 Å². The maximum Gasteiger partial charge on any atom is 0.266 e. The topological polar surface area (TPSA) is 67.6 Å². The van der Waals surface area contributed by atoms with Gasteiger partial charge < -0.3 is 10.0 Å². The van der Waals surface area contributed by atoms with Crippen molar-refractivity contribution in [3.8, 4) is 11.8 Å². The van der Waals surface area contributed by atoms with Crippen molar-refractivity contribution in [3.63, 3.8) is 0 Å². The van der Waals surface area contributed by atoms with Crippen molar-refractivity contribution in [2.45, 2.75) is 37.6 Å². The van der Waals surface area contributed by atoms with Crippen molar-refractivity contribution in [3.05, 3.63) is 58.0 Å². The number of aromatic hydroxyl groups is 1. The van der Waals surface area contributed by atoms with Crippen molar-refractivity contribution in [2.24, 2.45) is 0 Å². The average molecular weight is 422 g/mol. The number of thioether (sulfide) groups is 1. The van der Waals surface area contributed by atoms with Gasteiger partial charge >= 0.3 is 0 Å². The van der Waals surface area contributed by atoms with Gasteiger partial charge in [0.05, 0.1) is 16.7 Å². The van der Waals surface area contributed by atoms with Crippen LogP contribution in [0.3, 0.4) is 0 Å². The number of hydrogen-bond acceptors (Lipinski definition) is 5. The summed E-state index contributed by atoms with van der Waals surface area (Å²) < 4.78 is 0. The predicted octanol–water partition coefficient (Wildman–Crippen LogP) is 4.75. The van der Waals surface area contributed by atoms with Crippen LogP contribution in [-0.4, -0.2) is 36.6 Å². The van der Waals surface area contributed by atoms with Gasteiger partial charge in [0.2, 0.25) is 0 Å². The molecule has 1 heterocycles. The Balaban J connectivity index is 2.12. The standard InChI is InChI=1S/C24H27N3O2S/c1-24(2,3)18-13-16(12-17(22(18)28)15-26(4)5)14-21-23(29)27(11-10-25)19-8-6-7-9-20(19)30-21/h6-9,12-14,28H,11,15H2,1-5H3. The normalized spacial score (nSPS) is 15.4. The summed E-state index contributed by atoms with van der Waals surface area (Å²) >= 11 is 1.41. The molecule has 0 fully saturated rings. The molecule has 5 nitrogen and oxygen atoms in total. The number of amides is 1. The Hall–Kier alpha value is -2.75. The third-order valence-electron chi connectivity index (χ3n) is 4.86. The predicted molar refractivity (Wildman–Crippen MR) is 122 cm³/mol. The van der Waals surface area contributed by atoms with Gasteiger partial charge in [0.15, 0.2) is 0 Å². The first-order chi connectivity index (χ1) is 14.1. The van der Waals surface area contributed by atoms with E-state index in [4.69, 9.17) is 0 Å². The van der Waals surface area contributed by atoms with E-state index >= 15 is 0 Å². The van der Waals surface area contributed by atoms with Crippen molar-refractivity contribution < 1.29 is 9.90 Å². The first kappa shape index (κ1) is 21.9. The Labute approximate surface area is 182 Å². The molecule has 156 valence electrons. The summed E-state index contributed by atoms with van der Waals surface area (Å²) in [4.78, 5) is 18.1. The number of carbonyl (C=O) groups excluding carboxylic acids is 1. The molecule has 0 spiro atoms. The highest BCUT2D eigenvalue weighted by Crippen LogP contribution is 2.42. The molecule has 0 saturated heterocycles. The molecule has 0 aliphatic carbocycles. The molecule has 0 unspecified atom stereocenters. The number of fused-ring (bicyclic) bond motifs is 1. The lowest BCUT2D eigenvalue weighted by Crippen LogP contribution is -2.34. The highest BCUT2D eigenvalue weighted by Gasteiger charge is 2.29. The number of rotatable bonds is 4. The van der Waals surface area contributed by atoms with Crippen molar-refractivity contribution >= 4 is 29.4 Å². The van der Waals surface area contributed by atoms with Gasteiger partial charge in [-0.2, -0.15) is 5.26 Å². The number of phenolic OH excluding ortho intramolecular Hbond substituents is 1. The fourth-order valence-corrected chi connectivity index (χ4v) is 4.54. The lowest BCUT2D eigenvalue weighted by atomic mass is 9.84. The van der Waals surface area contributed by atoms with Crippen LogP contribution < -0.4 is 4.90 Å². The SMILES string of the molecule is CN(C)Cc1cc(C=C2Sc3ccccc3N(CC#N)C2=O)cc(C(C)(C)C)c1O. The van der Waals surface area contributed by atoms with Crippen LogP contribution in [0.1, 0.15) is 37.5 Å². The summed E-state index contributed by atoms with van der Waals surface area (Å²) in [6.45, 7) is 6.77. The number of benzene rings is 2. The minimum Gasteiger partial charge on any atom is -0.507 e. The minimum absolute atomic E-state index is 0.00243. The lowest BCUT2D eigenvalue weighted by Gasteiger charge is -2.28. The van der Waals surface area contributed by atoms with E-state index in [1.54, 1.807) is 0 Å². The third-order valence-corrected chi connectivity index (χ3v) is 5.94. The number of anilines is 1. The molecule has 0 aromatic heterocycles. The minimum atomic E-state index is -0.247. The van der Waals surface area contributed by atoms with E-state index in [0.29, 0.717) is 17.2 Å². The first-order valence-electron chi connectivity index (χ1n) is 9.80. The number of phenols is 1. The molecule has 1 N–H and O–H groups in total. The van der Waals surface area contributed by atoms with Gasteiger partial charge in [0.25, 0.3) is 5.91 Å². The van der Waals surface area contributed by atoms with Gasteiger partial charge in [-0.05, 0) is 55.4 Å². The third kappa shape index (κ3) is 4.53. The number of hydrogen-bond donors (Lipinski definition) is 1. The largest absolute Gasteiger partial charge is 0.507 e. The molecule has 0 radical (unpaired) electrons. The second-order valence-electron chi connectivity index (χ2n) is 8.69. The van der Waals surface area contributed by atoms with Crippen LogP contribution in [0.2, 0.25) is 0 Å². The molecule has 0 bridgehead atoms. The summed E-state index contributed by atoms with van der Waals surface area (Å²) in [5.41, 5.74) is 3.04. The number of carbonyl (C=O) groups is 1. The van der Waals surface area contributed by atoms with Crippen LogP contribution in [0.15, 0.2) is 46.2 Å². The van der Waals surface area contributed by atoms with Gasteiger partial charge in [0.1, 0.15) is 12.3 Å². The average Bonchev–Trinajstić information content (AvgIpc) is 2.66. The van der Waals surface area contributed by atoms with Gasteiger partial charge in [-0.1, -0.05) is 44.7 Å². The summed E-state index contributed by atoms with van der Waals surface area (Å²) in [5.74, 6) is 0.122. The zero-order chi connectivity index (χ0) is 22.1. The summed E-state index contributed by atoms with van der Waals surface area (Å²) in [5, 5.41) is 20.0. The zero-order valence-corrected chi connectivity index (χ0v) is 18.9. The molecule has 30 heavy (non-hydrogen) atoms. The smallest absolute Gasteiger partial charge is 0.266 e. The second kappa shape index (κ2) is 8.55. The Morgan fingerprint density at radius 2 is 1.93 bits per heavy atom. The van der Waals surface area contributed by atoms with E-state index in [1.807, 2.05) is 61.5 Å². The van der Waals surface area contributed by atoms with E-state index < -0.39 is 0 Å². The Kier molecular flexibility index (Phi) is 6.25. The van der Waals surface area contributed by atoms with E-state index in [-0.39, 0.29) is 17.9 Å². The second-order valence-corrected chi connectivity index (χ2v) is 9.78. The Bertz CT molecular complexity index is 1050.